The summed E-state index contributed by atoms with van der Waals surface area (Å²) in [5.74, 6) is 2.61. The minimum Gasteiger partial charge on any atom is -0.493 e. The molecular weight excluding hydrogens is 389 g/mol. The molecule has 0 spiro atoms. The van der Waals surface area contributed by atoms with Gasteiger partial charge in [0.05, 0.1) is 6.61 Å². The first-order valence-corrected chi connectivity index (χ1v) is 7.89. The Bertz CT molecular complexity index is 487. The standard InChI is InChI=1S/C17H27N3O.HI/c1-4-9-19-17(18-3)20-11-15-8-5-13(2)10-16(15)21-12-14-6-7-14;/h5,8,10,14H,4,6-7,9,11-12H2,1-3H3,(H2,18,19,20);1H. The smallest absolute Gasteiger partial charge is 0.191 e. The molecule has 0 bridgehead atoms. The lowest BCUT2D eigenvalue weighted by Crippen LogP contribution is -2.37. The van der Waals surface area contributed by atoms with E-state index in [9.17, 15) is 0 Å². The lowest BCUT2D eigenvalue weighted by Gasteiger charge is -2.15. The molecule has 1 aromatic rings. The van der Waals surface area contributed by atoms with Crippen LogP contribution in [0.2, 0.25) is 0 Å². The fourth-order valence-corrected chi connectivity index (χ4v) is 2.08. The van der Waals surface area contributed by atoms with Crippen molar-refractivity contribution < 1.29 is 4.74 Å². The highest BCUT2D eigenvalue weighted by molar-refractivity contribution is 14.0. The van der Waals surface area contributed by atoms with Crippen molar-refractivity contribution in [3.63, 3.8) is 0 Å². The molecule has 0 aliphatic heterocycles. The predicted molar refractivity (Wildman–Crippen MR) is 103 cm³/mol. The Morgan fingerprint density at radius 2 is 2.09 bits per heavy atom. The minimum atomic E-state index is 0. The summed E-state index contributed by atoms with van der Waals surface area (Å²) in [7, 11) is 1.80. The molecule has 1 fully saturated rings. The summed E-state index contributed by atoms with van der Waals surface area (Å²) < 4.78 is 5.99. The average molecular weight is 417 g/mol. The molecule has 2 rings (SSSR count). The third kappa shape index (κ3) is 6.42. The van der Waals surface area contributed by atoms with Gasteiger partial charge >= 0.3 is 0 Å². The number of halogens is 1. The summed E-state index contributed by atoms with van der Waals surface area (Å²) in [4.78, 5) is 4.23. The van der Waals surface area contributed by atoms with Crippen molar-refractivity contribution in [2.45, 2.75) is 39.7 Å². The Kier molecular flexibility index (Phi) is 8.60. The molecule has 0 heterocycles. The van der Waals surface area contributed by atoms with Crippen LogP contribution in [0.4, 0.5) is 0 Å². The number of hydrogen-bond acceptors (Lipinski definition) is 2. The van der Waals surface area contributed by atoms with Gasteiger partial charge in [0.25, 0.3) is 0 Å². The van der Waals surface area contributed by atoms with Crippen LogP contribution in [0, 0.1) is 12.8 Å². The van der Waals surface area contributed by atoms with E-state index in [0.29, 0.717) is 0 Å². The highest BCUT2D eigenvalue weighted by Crippen LogP contribution is 2.30. The molecule has 1 aromatic carbocycles. The SMILES string of the molecule is CCCNC(=NC)NCc1ccc(C)cc1OCC1CC1.I. The van der Waals surface area contributed by atoms with E-state index in [1.165, 1.54) is 24.0 Å². The number of ether oxygens (including phenoxy) is 1. The molecule has 2 N–H and O–H groups in total. The van der Waals surface area contributed by atoms with Gasteiger partial charge in [-0.2, -0.15) is 0 Å². The van der Waals surface area contributed by atoms with Gasteiger partial charge in [0.2, 0.25) is 0 Å². The molecule has 1 aliphatic rings. The number of aryl methyl sites for hydroxylation is 1. The van der Waals surface area contributed by atoms with Gasteiger partial charge in [0.1, 0.15) is 5.75 Å². The zero-order chi connectivity index (χ0) is 15.1. The third-order valence-electron chi connectivity index (χ3n) is 3.61. The summed E-state index contributed by atoms with van der Waals surface area (Å²) in [5, 5.41) is 6.62. The van der Waals surface area contributed by atoms with Crippen LogP contribution < -0.4 is 15.4 Å². The monoisotopic (exact) mass is 417 g/mol. The van der Waals surface area contributed by atoms with Crippen molar-refractivity contribution in [2.75, 3.05) is 20.2 Å². The zero-order valence-electron chi connectivity index (χ0n) is 13.8. The molecule has 5 heteroatoms. The van der Waals surface area contributed by atoms with E-state index in [-0.39, 0.29) is 24.0 Å². The largest absolute Gasteiger partial charge is 0.493 e. The fourth-order valence-electron chi connectivity index (χ4n) is 2.08. The molecule has 0 saturated heterocycles. The van der Waals surface area contributed by atoms with Crippen LogP contribution in [-0.2, 0) is 6.54 Å². The van der Waals surface area contributed by atoms with Crippen molar-refractivity contribution in [1.82, 2.24) is 10.6 Å². The quantitative estimate of drug-likeness (QED) is 0.406. The molecule has 124 valence electrons. The lowest BCUT2D eigenvalue weighted by molar-refractivity contribution is 0.296. The molecular formula is C17H28IN3O. The van der Waals surface area contributed by atoms with Crippen LogP contribution in [-0.4, -0.2) is 26.2 Å². The Balaban J connectivity index is 0.00000242. The second kappa shape index (κ2) is 9.92. The van der Waals surface area contributed by atoms with Gasteiger partial charge in [-0.25, -0.2) is 0 Å². The van der Waals surface area contributed by atoms with E-state index in [1.54, 1.807) is 7.05 Å². The molecule has 1 aliphatic carbocycles. The maximum absolute atomic E-state index is 5.99. The highest BCUT2D eigenvalue weighted by Gasteiger charge is 2.22. The maximum Gasteiger partial charge on any atom is 0.191 e. The van der Waals surface area contributed by atoms with Gasteiger partial charge in [-0.05, 0) is 43.7 Å². The highest BCUT2D eigenvalue weighted by atomic mass is 127. The summed E-state index contributed by atoms with van der Waals surface area (Å²) in [6.07, 6.45) is 3.71. The molecule has 22 heavy (non-hydrogen) atoms. The van der Waals surface area contributed by atoms with E-state index in [0.717, 1.165) is 43.7 Å². The first kappa shape index (κ1) is 19.1. The Morgan fingerprint density at radius 3 is 2.73 bits per heavy atom. The second-order valence-corrected chi connectivity index (χ2v) is 5.72. The first-order valence-electron chi connectivity index (χ1n) is 7.89. The maximum atomic E-state index is 5.99. The Hall–Kier alpha value is -0.980. The zero-order valence-corrected chi connectivity index (χ0v) is 16.1. The number of rotatable bonds is 7. The van der Waals surface area contributed by atoms with Crippen molar-refractivity contribution >= 4 is 29.9 Å². The van der Waals surface area contributed by atoms with Gasteiger partial charge in [0, 0.05) is 25.7 Å². The summed E-state index contributed by atoms with van der Waals surface area (Å²) >= 11 is 0. The van der Waals surface area contributed by atoms with Crippen LogP contribution in [0.25, 0.3) is 0 Å². The molecule has 0 unspecified atom stereocenters. The first-order chi connectivity index (χ1) is 10.2. The normalized spacial score (nSPS) is 14.2. The number of aliphatic imine (C=N–C) groups is 1. The number of benzene rings is 1. The van der Waals surface area contributed by atoms with Gasteiger partial charge in [-0.3, -0.25) is 4.99 Å². The minimum absolute atomic E-state index is 0. The van der Waals surface area contributed by atoms with Crippen LogP contribution in [0.1, 0.15) is 37.3 Å². The Labute approximate surface area is 151 Å². The summed E-state index contributed by atoms with van der Waals surface area (Å²) in [5.41, 5.74) is 2.42. The van der Waals surface area contributed by atoms with Crippen LogP contribution >= 0.6 is 24.0 Å². The molecule has 1 saturated carbocycles. The average Bonchev–Trinajstić information content (AvgIpc) is 3.31. The molecule has 0 radical (unpaired) electrons. The van der Waals surface area contributed by atoms with E-state index in [4.69, 9.17) is 4.74 Å². The predicted octanol–water partition coefficient (Wildman–Crippen LogP) is 3.48. The summed E-state index contributed by atoms with van der Waals surface area (Å²) in [6.45, 7) is 6.74. The molecule has 0 aromatic heterocycles. The Morgan fingerprint density at radius 1 is 1.32 bits per heavy atom. The fraction of sp³-hybridized carbons (Fsp3) is 0.588. The van der Waals surface area contributed by atoms with Gasteiger partial charge in [-0.1, -0.05) is 19.1 Å². The second-order valence-electron chi connectivity index (χ2n) is 5.72. The van der Waals surface area contributed by atoms with E-state index < -0.39 is 0 Å². The number of guanidine groups is 1. The molecule has 0 atom stereocenters. The molecule has 4 nitrogen and oxygen atoms in total. The van der Waals surface area contributed by atoms with E-state index in [2.05, 4.69) is 47.7 Å². The van der Waals surface area contributed by atoms with Crippen molar-refractivity contribution in [2.24, 2.45) is 10.9 Å². The van der Waals surface area contributed by atoms with Crippen LogP contribution in [0.5, 0.6) is 5.75 Å². The van der Waals surface area contributed by atoms with Gasteiger partial charge in [-0.15, -0.1) is 24.0 Å². The topological polar surface area (TPSA) is 45.7 Å². The molecule has 0 amide bonds. The van der Waals surface area contributed by atoms with Crippen molar-refractivity contribution in [3.05, 3.63) is 29.3 Å². The number of hydrogen-bond donors (Lipinski definition) is 2. The van der Waals surface area contributed by atoms with E-state index in [1.807, 2.05) is 0 Å². The van der Waals surface area contributed by atoms with Crippen LogP contribution in [0.15, 0.2) is 23.2 Å². The van der Waals surface area contributed by atoms with Crippen molar-refractivity contribution in [1.29, 1.82) is 0 Å². The van der Waals surface area contributed by atoms with E-state index >= 15 is 0 Å². The third-order valence-corrected chi connectivity index (χ3v) is 3.61. The number of nitrogens with one attached hydrogen (secondary N) is 2. The number of nitrogens with zero attached hydrogens (tertiary/aromatic N) is 1. The van der Waals surface area contributed by atoms with Crippen molar-refractivity contribution in [3.8, 4) is 5.75 Å². The van der Waals surface area contributed by atoms with Crippen LogP contribution in [0.3, 0.4) is 0 Å². The summed E-state index contributed by atoms with van der Waals surface area (Å²) in [6, 6.07) is 6.39. The lowest BCUT2D eigenvalue weighted by atomic mass is 10.1. The van der Waals surface area contributed by atoms with Gasteiger partial charge in [0.15, 0.2) is 5.96 Å². The van der Waals surface area contributed by atoms with Gasteiger partial charge < -0.3 is 15.4 Å².